The fourth-order valence-corrected chi connectivity index (χ4v) is 3.97. The van der Waals surface area contributed by atoms with Crippen LogP contribution in [0.3, 0.4) is 0 Å². The lowest BCUT2D eigenvalue weighted by Crippen LogP contribution is -2.68. The van der Waals surface area contributed by atoms with Crippen LogP contribution < -0.4 is 5.73 Å². The maximum absolute atomic E-state index is 12.0. The molecule has 2 aliphatic rings. The van der Waals surface area contributed by atoms with Gasteiger partial charge in [-0.2, -0.15) is 0 Å². The van der Waals surface area contributed by atoms with Crippen molar-refractivity contribution in [3.63, 3.8) is 0 Å². The standard InChI is InChI=1S/C16H16N2O6S/c17-10-13(20)18-11(15(21)22)9(7-25-14(10)18)6-24-16(23)12(19)8-4-2-1-3-5-8/h1-5,10,12,14,19H,6-7,17H2,(H,21,22)/t10?,12?,14-/m1/s1. The van der Waals surface area contributed by atoms with Crippen LogP contribution in [0.1, 0.15) is 11.7 Å². The van der Waals surface area contributed by atoms with Crippen LogP contribution in [0.5, 0.6) is 0 Å². The summed E-state index contributed by atoms with van der Waals surface area (Å²) in [5, 5.41) is 19.0. The summed E-state index contributed by atoms with van der Waals surface area (Å²) in [5.74, 6) is -2.36. The number of carbonyl (C=O) groups excluding carboxylic acids is 2. The van der Waals surface area contributed by atoms with Gasteiger partial charge in [-0.25, -0.2) is 9.59 Å². The molecule has 4 N–H and O–H groups in total. The van der Waals surface area contributed by atoms with E-state index in [-0.39, 0.29) is 18.1 Å². The van der Waals surface area contributed by atoms with Crippen LogP contribution >= 0.6 is 11.8 Å². The van der Waals surface area contributed by atoms with E-state index in [9.17, 15) is 24.6 Å². The fraction of sp³-hybridized carbons (Fsp3) is 0.312. The molecule has 1 amide bonds. The molecular weight excluding hydrogens is 348 g/mol. The Labute approximate surface area is 147 Å². The largest absolute Gasteiger partial charge is 0.477 e. The third-order valence-corrected chi connectivity index (χ3v) is 5.38. The predicted octanol–water partition coefficient (Wildman–Crippen LogP) is -0.156. The molecule has 0 radical (unpaired) electrons. The van der Waals surface area contributed by atoms with Crippen LogP contribution in [0.15, 0.2) is 41.6 Å². The molecule has 8 nitrogen and oxygen atoms in total. The first-order chi connectivity index (χ1) is 11.9. The monoisotopic (exact) mass is 364 g/mol. The van der Waals surface area contributed by atoms with Gasteiger partial charge in [-0.15, -0.1) is 11.8 Å². The Morgan fingerprint density at radius 1 is 1.36 bits per heavy atom. The van der Waals surface area contributed by atoms with Gasteiger partial charge in [0.05, 0.1) is 0 Å². The molecule has 0 aliphatic carbocycles. The molecule has 0 bridgehead atoms. The van der Waals surface area contributed by atoms with Gasteiger partial charge in [0.2, 0.25) is 5.91 Å². The van der Waals surface area contributed by atoms with Gasteiger partial charge in [0, 0.05) is 11.3 Å². The second-order valence-electron chi connectivity index (χ2n) is 5.61. The first kappa shape index (κ1) is 17.5. The van der Waals surface area contributed by atoms with Crippen molar-refractivity contribution in [2.24, 2.45) is 5.73 Å². The highest BCUT2D eigenvalue weighted by molar-refractivity contribution is 8.00. The van der Waals surface area contributed by atoms with Crippen molar-refractivity contribution >= 4 is 29.6 Å². The van der Waals surface area contributed by atoms with E-state index in [2.05, 4.69) is 0 Å². The SMILES string of the molecule is NC1C(=O)N2C(C(=O)O)=C(COC(=O)C(O)c3ccccc3)CS[C@H]12. The molecule has 1 fully saturated rings. The number of carboxylic acid groups (broad SMARTS) is 1. The zero-order chi connectivity index (χ0) is 18.1. The minimum Gasteiger partial charge on any atom is -0.477 e. The number of β-lactam (4-membered cyclic amide) rings is 1. The van der Waals surface area contributed by atoms with Crippen LogP contribution in [0.4, 0.5) is 0 Å². The quantitative estimate of drug-likeness (QED) is 0.485. The minimum absolute atomic E-state index is 0.197. The Hall–Kier alpha value is -2.36. The number of thioether (sulfide) groups is 1. The van der Waals surface area contributed by atoms with Gasteiger partial charge in [-0.05, 0) is 5.56 Å². The molecule has 0 saturated carbocycles. The molecule has 25 heavy (non-hydrogen) atoms. The van der Waals surface area contributed by atoms with E-state index in [1.165, 1.54) is 11.8 Å². The molecule has 0 spiro atoms. The number of hydrogen-bond acceptors (Lipinski definition) is 7. The summed E-state index contributed by atoms with van der Waals surface area (Å²) < 4.78 is 5.06. The number of carbonyl (C=O) groups is 3. The summed E-state index contributed by atoms with van der Waals surface area (Å²) in [5.41, 5.74) is 6.14. The lowest BCUT2D eigenvalue weighted by atomic mass is 10.0. The third-order valence-electron chi connectivity index (χ3n) is 4.02. The molecule has 1 aromatic rings. The number of aliphatic hydroxyl groups excluding tert-OH is 1. The van der Waals surface area contributed by atoms with Gasteiger partial charge in [0.15, 0.2) is 6.10 Å². The molecule has 2 heterocycles. The van der Waals surface area contributed by atoms with Crippen LogP contribution in [-0.2, 0) is 19.1 Å². The zero-order valence-corrected chi connectivity index (χ0v) is 13.8. The number of esters is 1. The first-order valence-electron chi connectivity index (χ1n) is 7.47. The van der Waals surface area contributed by atoms with Gasteiger partial charge < -0.3 is 20.7 Å². The van der Waals surface area contributed by atoms with E-state index >= 15 is 0 Å². The molecule has 3 atom stereocenters. The average Bonchev–Trinajstić information content (AvgIpc) is 2.64. The lowest BCUT2D eigenvalue weighted by molar-refractivity contribution is -0.153. The number of ether oxygens (including phenoxy) is 1. The maximum atomic E-state index is 12.0. The molecular formula is C16H16N2O6S. The lowest BCUT2D eigenvalue weighted by Gasteiger charge is -2.47. The molecule has 9 heteroatoms. The van der Waals surface area contributed by atoms with E-state index < -0.39 is 35.4 Å². The van der Waals surface area contributed by atoms with E-state index in [0.717, 1.165) is 4.90 Å². The number of nitrogens with two attached hydrogens (primary N) is 1. The number of hydrogen-bond donors (Lipinski definition) is 3. The van der Waals surface area contributed by atoms with Gasteiger partial charge in [0.1, 0.15) is 23.7 Å². The number of carboxylic acids is 1. The Bertz CT molecular complexity index is 750. The second-order valence-corrected chi connectivity index (χ2v) is 6.72. The van der Waals surface area contributed by atoms with Crippen LogP contribution in [0.2, 0.25) is 0 Å². The number of amides is 1. The number of rotatable bonds is 5. The Morgan fingerprint density at radius 2 is 2.04 bits per heavy atom. The summed E-state index contributed by atoms with van der Waals surface area (Å²) in [7, 11) is 0. The summed E-state index contributed by atoms with van der Waals surface area (Å²) in [6, 6.07) is 7.53. The average molecular weight is 364 g/mol. The summed E-state index contributed by atoms with van der Waals surface area (Å²) in [6.07, 6.45) is -1.46. The van der Waals surface area contributed by atoms with Crippen molar-refractivity contribution in [3.8, 4) is 0 Å². The van der Waals surface area contributed by atoms with Crippen LogP contribution in [0, 0.1) is 0 Å². The number of fused-ring (bicyclic) bond motifs is 1. The highest BCUT2D eigenvalue weighted by Gasteiger charge is 2.51. The smallest absolute Gasteiger partial charge is 0.352 e. The van der Waals surface area contributed by atoms with E-state index in [1.54, 1.807) is 30.3 Å². The molecule has 2 aliphatic heterocycles. The van der Waals surface area contributed by atoms with Crippen molar-refractivity contribution in [1.82, 2.24) is 4.90 Å². The van der Waals surface area contributed by atoms with Crippen LogP contribution in [0.25, 0.3) is 0 Å². The predicted molar refractivity (Wildman–Crippen MR) is 88.1 cm³/mol. The number of aliphatic hydroxyl groups is 1. The van der Waals surface area contributed by atoms with Crippen LogP contribution in [-0.4, -0.2) is 56.7 Å². The maximum Gasteiger partial charge on any atom is 0.352 e. The number of nitrogens with zero attached hydrogens (tertiary/aromatic N) is 1. The molecule has 132 valence electrons. The molecule has 0 aromatic heterocycles. The minimum atomic E-state index is -1.46. The van der Waals surface area contributed by atoms with Gasteiger partial charge >= 0.3 is 11.9 Å². The Balaban J connectivity index is 1.72. The van der Waals surface area contributed by atoms with Gasteiger partial charge in [-0.1, -0.05) is 30.3 Å². The molecule has 3 rings (SSSR count). The van der Waals surface area contributed by atoms with Crippen molar-refractivity contribution in [2.75, 3.05) is 12.4 Å². The normalized spacial score (nSPS) is 23.6. The molecule has 1 saturated heterocycles. The first-order valence-corrected chi connectivity index (χ1v) is 8.52. The van der Waals surface area contributed by atoms with Crippen molar-refractivity contribution in [3.05, 3.63) is 47.2 Å². The summed E-state index contributed by atoms with van der Waals surface area (Å²) in [4.78, 5) is 36.5. The van der Waals surface area contributed by atoms with E-state index in [4.69, 9.17) is 10.5 Å². The summed E-state index contributed by atoms with van der Waals surface area (Å²) >= 11 is 1.32. The topological polar surface area (TPSA) is 130 Å². The van der Waals surface area contributed by atoms with Crippen molar-refractivity contribution < 1.29 is 29.3 Å². The fourth-order valence-electron chi connectivity index (χ4n) is 2.70. The Morgan fingerprint density at radius 3 is 2.68 bits per heavy atom. The highest BCUT2D eigenvalue weighted by Crippen LogP contribution is 2.39. The highest BCUT2D eigenvalue weighted by atomic mass is 32.2. The molecule has 2 unspecified atom stereocenters. The summed E-state index contributed by atoms with van der Waals surface area (Å²) in [6.45, 7) is -0.316. The van der Waals surface area contributed by atoms with Crippen molar-refractivity contribution in [2.45, 2.75) is 17.5 Å². The van der Waals surface area contributed by atoms with Gasteiger partial charge in [0.25, 0.3) is 0 Å². The van der Waals surface area contributed by atoms with Gasteiger partial charge in [-0.3, -0.25) is 9.69 Å². The molecule has 1 aromatic carbocycles. The van der Waals surface area contributed by atoms with Crippen molar-refractivity contribution in [1.29, 1.82) is 0 Å². The number of aliphatic carboxylic acids is 1. The number of benzene rings is 1. The Kier molecular flexibility index (Phi) is 4.80. The zero-order valence-electron chi connectivity index (χ0n) is 13.0. The second kappa shape index (κ2) is 6.87. The third kappa shape index (κ3) is 3.13. The van der Waals surface area contributed by atoms with E-state index in [1.807, 2.05) is 0 Å². The van der Waals surface area contributed by atoms with E-state index in [0.29, 0.717) is 11.1 Å².